The van der Waals surface area contributed by atoms with Gasteiger partial charge in [-0.05, 0) is 25.5 Å². The van der Waals surface area contributed by atoms with Crippen LogP contribution >= 0.6 is 0 Å². The summed E-state index contributed by atoms with van der Waals surface area (Å²) in [5.41, 5.74) is 1.40. The van der Waals surface area contributed by atoms with Gasteiger partial charge in [0.25, 0.3) is 5.91 Å². The van der Waals surface area contributed by atoms with Crippen LogP contribution in [-0.4, -0.2) is 50.3 Å². The van der Waals surface area contributed by atoms with Crippen LogP contribution < -0.4 is 0 Å². The summed E-state index contributed by atoms with van der Waals surface area (Å²) < 4.78 is 0. The molecular weight excluding hydrogens is 256 g/mol. The number of carbonyl (C=O) groups excluding carboxylic acids is 1. The van der Waals surface area contributed by atoms with Crippen LogP contribution in [0.15, 0.2) is 24.3 Å². The van der Waals surface area contributed by atoms with E-state index < -0.39 is 6.10 Å². The molecule has 2 aromatic rings. The standard InChI is InChI=1S/C14H16N4O2/c1-9-15-13(17-16-9)10-3-2-4-11(7-10)14(20)18-6-5-12(19)8-18/h2-4,7,12,19H,5-6,8H2,1H3,(H,15,16,17)/t12-/m1/s1. The van der Waals surface area contributed by atoms with E-state index in [4.69, 9.17) is 0 Å². The van der Waals surface area contributed by atoms with Gasteiger partial charge in [-0.1, -0.05) is 12.1 Å². The van der Waals surface area contributed by atoms with Crippen molar-refractivity contribution in [3.8, 4) is 11.4 Å². The first-order valence-corrected chi connectivity index (χ1v) is 6.60. The van der Waals surface area contributed by atoms with Gasteiger partial charge in [-0.25, -0.2) is 4.98 Å². The molecule has 1 fully saturated rings. The van der Waals surface area contributed by atoms with Crippen molar-refractivity contribution in [2.24, 2.45) is 0 Å². The number of aliphatic hydroxyl groups excluding tert-OH is 1. The fourth-order valence-corrected chi connectivity index (χ4v) is 2.37. The highest BCUT2D eigenvalue weighted by molar-refractivity contribution is 5.95. The number of amides is 1. The molecule has 1 aliphatic heterocycles. The molecule has 1 aromatic carbocycles. The van der Waals surface area contributed by atoms with Crippen molar-refractivity contribution in [3.05, 3.63) is 35.7 Å². The number of β-amino-alcohol motifs (C(OH)–C–C–N with tert-alkyl or cyclic N) is 1. The molecule has 2 N–H and O–H groups in total. The summed E-state index contributed by atoms with van der Waals surface area (Å²) in [7, 11) is 0. The van der Waals surface area contributed by atoms with Crippen molar-refractivity contribution in [3.63, 3.8) is 0 Å². The second-order valence-electron chi connectivity index (χ2n) is 5.02. The molecule has 2 heterocycles. The lowest BCUT2D eigenvalue weighted by atomic mass is 10.1. The molecule has 3 rings (SSSR count). The number of nitrogens with one attached hydrogen (secondary N) is 1. The summed E-state index contributed by atoms with van der Waals surface area (Å²) in [5.74, 6) is 1.26. The molecule has 1 aliphatic rings. The maximum Gasteiger partial charge on any atom is 0.253 e. The van der Waals surface area contributed by atoms with Gasteiger partial charge in [-0.15, -0.1) is 0 Å². The average Bonchev–Trinajstić information content (AvgIpc) is 3.07. The number of rotatable bonds is 2. The van der Waals surface area contributed by atoms with Gasteiger partial charge in [0.2, 0.25) is 0 Å². The Bertz CT molecular complexity index is 638. The molecule has 1 aromatic heterocycles. The number of aromatic nitrogens is 3. The van der Waals surface area contributed by atoms with Crippen LogP contribution in [0.4, 0.5) is 0 Å². The van der Waals surface area contributed by atoms with Crippen LogP contribution in [0, 0.1) is 6.92 Å². The van der Waals surface area contributed by atoms with Gasteiger partial charge in [-0.3, -0.25) is 9.89 Å². The quantitative estimate of drug-likeness (QED) is 0.854. The second-order valence-corrected chi connectivity index (χ2v) is 5.02. The van der Waals surface area contributed by atoms with Crippen LogP contribution in [0.25, 0.3) is 11.4 Å². The van der Waals surface area contributed by atoms with Crippen molar-refractivity contribution < 1.29 is 9.90 Å². The molecule has 0 spiro atoms. The van der Waals surface area contributed by atoms with Crippen LogP contribution in [0.5, 0.6) is 0 Å². The van der Waals surface area contributed by atoms with E-state index in [1.165, 1.54) is 0 Å². The lowest BCUT2D eigenvalue weighted by Gasteiger charge is -2.15. The number of hydrogen-bond acceptors (Lipinski definition) is 4. The number of nitrogens with zero attached hydrogens (tertiary/aromatic N) is 3. The highest BCUT2D eigenvalue weighted by atomic mass is 16.3. The zero-order valence-electron chi connectivity index (χ0n) is 11.2. The SMILES string of the molecule is Cc1nc(-c2cccc(C(=O)N3CC[C@@H](O)C3)c2)n[nH]1. The Hall–Kier alpha value is -2.21. The minimum atomic E-state index is -0.405. The molecule has 0 radical (unpaired) electrons. The molecular formula is C14H16N4O2. The highest BCUT2D eigenvalue weighted by Crippen LogP contribution is 2.19. The summed E-state index contributed by atoms with van der Waals surface area (Å²) in [5, 5.41) is 16.4. The first-order chi connectivity index (χ1) is 9.63. The normalized spacial score (nSPS) is 18.5. The van der Waals surface area contributed by atoms with Gasteiger partial charge in [0.05, 0.1) is 6.10 Å². The maximum atomic E-state index is 12.3. The van der Waals surface area contributed by atoms with E-state index in [-0.39, 0.29) is 5.91 Å². The van der Waals surface area contributed by atoms with Crippen LogP contribution in [0.2, 0.25) is 0 Å². The fourth-order valence-electron chi connectivity index (χ4n) is 2.37. The predicted molar refractivity (Wildman–Crippen MR) is 73.1 cm³/mol. The van der Waals surface area contributed by atoms with E-state index in [1.807, 2.05) is 19.1 Å². The summed E-state index contributed by atoms with van der Waals surface area (Å²) in [6.45, 7) is 2.84. The lowest BCUT2D eigenvalue weighted by molar-refractivity contribution is 0.0765. The number of likely N-dealkylation sites (tertiary alicyclic amines) is 1. The number of aromatic amines is 1. The molecule has 0 unspecified atom stereocenters. The highest BCUT2D eigenvalue weighted by Gasteiger charge is 2.25. The summed E-state index contributed by atoms with van der Waals surface area (Å²) in [4.78, 5) is 18.3. The molecule has 6 nitrogen and oxygen atoms in total. The molecule has 0 bridgehead atoms. The summed E-state index contributed by atoms with van der Waals surface area (Å²) in [6, 6.07) is 7.25. The Labute approximate surface area is 116 Å². The molecule has 0 aliphatic carbocycles. The number of hydrogen-bond donors (Lipinski definition) is 2. The summed E-state index contributed by atoms with van der Waals surface area (Å²) >= 11 is 0. The summed E-state index contributed by atoms with van der Waals surface area (Å²) in [6.07, 6.45) is 0.240. The van der Waals surface area contributed by atoms with Gasteiger partial charge < -0.3 is 10.0 Å². The molecule has 104 valence electrons. The minimum absolute atomic E-state index is 0.0596. The first kappa shape index (κ1) is 12.8. The van der Waals surface area contributed by atoms with E-state index in [2.05, 4.69) is 15.2 Å². The zero-order chi connectivity index (χ0) is 14.1. The van der Waals surface area contributed by atoms with Crippen LogP contribution in [0.3, 0.4) is 0 Å². The Morgan fingerprint density at radius 3 is 3.00 bits per heavy atom. The molecule has 6 heteroatoms. The number of aliphatic hydroxyl groups is 1. The zero-order valence-corrected chi connectivity index (χ0v) is 11.2. The monoisotopic (exact) mass is 272 g/mol. The molecule has 20 heavy (non-hydrogen) atoms. The van der Waals surface area contributed by atoms with E-state index in [0.717, 1.165) is 11.4 Å². The van der Waals surface area contributed by atoms with Gasteiger partial charge in [0.1, 0.15) is 5.82 Å². The maximum absolute atomic E-state index is 12.3. The van der Waals surface area contributed by atoms with Crippen LogP contribution in [0.1, 0.15) is 22.6 Å². The average molecular weight is 272 g/mol. The second kappa shape index (κ2) is 5.05. The molecule has 1 atom stereocenters. The van der Waals surface area contributed by atoms with Crippen molar-refractivity contribution >= 4 is 5.91 Å². The van der Waals surface area contributed by atoms with Crippen LogP contribution in [-0.2, 0) is 0 Å². The fraction of sp³-hybridized carbons (Fsp3) is 0.357. The topological polar surface area (TPSA) is 82.1 Å². The lowest BCUT2D eigenvalue weighted by Crippen LogP contribution is -2.29. The Kier molecular flexibility index (Phi) is 3.23. The predicted octanol–water partition coefficient (Wildman–Crippen LogP) is 0.987. The largest absolute Gasteiger partial charge is 0.391 e. The van der Waals surface area contributed by atoms with E-state index >= 15 is 0 Å². The van der Waals surface area contributed by atoms with E-state index in [9.17, 15) is 9.90 Å². The Morgan fingerprint density at radius 1 is 1.50 bits per heavy atom. The number of H-pyrrole nitrogens is 1. The van der Waals surface area contributed by atoms with Gasteiger partial charge in [0.15, 0.2) is 5.82 Å². The third kappa shape index (κ3) is 2.42. The first-order valence-electron chi connectivity index (χ1n) is 6.60. The van der Waals surface area contributed by atoms with Crippen molar-refractivity contribution in [2.45, 2.75) is 19.4 Å². The molecule has 1 saturated heterocycles. The van der Waals surface area contributed by atoms with Crippen molar-refractivity contribution in [1.29, 1.82) is 0 Å². The van der Waals surface area contributed by atoms with Gasteiger partial charge in [-0.2, -0.15) is 5.10 Å². The number of carbonyl (C=O) groups is 1. The van der Waals surface area contributed by atoms with Crippen molar-refractivity contribution in [2.75, 3.05) is 13.1 Å². The Morgan fingerprint density at radius 2 is 2.35 bits per heavy atom. The van der Waals surface area contributed by atoms with Crippen molar-refractivity contribution in [1.82, 2.24) is 20.1 Å². The Balaban J connectivity index is 1.86. The van der Waals surface area contributed by atoms with E-state index in [1.54, 1.807) is 17.0 Å². The van der Waals surface area contributed by atoms with Gasteiger partial charge in [0, 0.05) is 24.2 Å². The molecule has 0 saturated carbocycles. The number of benzene rings is 1. The third-order valence-electron chi connectivity index (χ3n) is 3.42. The third-order valence-corrected chi connectivity index (χ3v) is 3.42. The smallest absolute Gasteiger partial charge is 0.253 e. The molecule has 1 amide bonds. The number of aryl methyl sites for hydroxylation is 1. The van der Waals surface area contributed by atoms with Gasteiger partial charge >= 0.3 is 0 Å². The van der Waals surface area contributed by atoms with E-state index in [0.29, 0.717) is 30.9 Å². The minimum Gasteiger partial charge on any atom is -0.391 e.